The molecular weight excluding hydrogens is 438 g/mol. The Kier molecular flexibility index (Phi) is 5.74. The lowest BCUT2D eigenvalue weighted by Gasteiger charge is -2.07. The summed E-state index contributed by atoms with van der Waals surface area (Å²) in [4.78, 5) is 12.3. The highest BCUT2D eigenvalue weighted by atomic mass is 35.5. The molecule has 1 aliphatic rings. The lowest BCUT2D eigenvalue weighted by atomic mass is 10.2. The van der Waals surface area contributed by atoms with E-state index in [-0.39, 0.29) is 30.5 Å². The van der Waals surface area contributed by atoms with Crippen molar-refractivity contribution in [1.82, 2.24) is 19.6 Å². The number of aryl methyl sites for hydroxylation is 1. The molecule has 2 aromatic heterocycles. The maximum atomic E-state index is 13.1. The molecule has 31 heavy (non-hydrogen) atoms. The smallest absolute Gasteiger partial charge is 0.309 e. The van der Waals surface area contributed by atoms with Crippen LogP contribution < -0.4 is 5.32 Å². The van der Waals surface area contributed by atoms with Crippen molar-refractivity contribution in [3.05, 3.63) is 64.3 Å². The lowest BCUT2D eigenvalue weighted by Crippen LogP contribution is -2.17. The fourth-order valence-electron chi connectivity index (χ4n) is 3.21. The van der Waals surface area contributed by atoms with Crippen LogP contribution in [0.1, 0.15) is 42.1 Å². The second kappa shape index (κ2) is 8.33. The summed E-state index contributed by atoms with van der Waals surface area (Å²) in [6.45, 7) is 0.326. The average Bonchev–Trinajstić information content (AvgIpc) is 3.28. The molecule has 11 heteroatoms. The van der Waals surface area contributed by atoms with Gasteiger partial charge in [-0.1, -0.05) is 17.7 Å². The highest BCUT2D eigenvalue weighted by Gasteiger charge is 2.37. The first-order valence-corrected chi connectivity index (χ1v) is 9.99. The van der Waals surface area contributed by atoms with E-state index in [0.29, 0.717) is 17.1 Å². The number of carbonyl (C=O) groups excluding carboxylic acids is 1. The van der Waals surface area contributed by atoms with E-state index in [1.165, 1.54) is 21.5 Å². The highest BCUT2D eigenvalue weighted by Crippen LogP contribution is 2.42. The second-order valence-electron chi connectivity index (χ2n) is 7.38. The van der Waals surface area contributed by atoms with Gasteiger partial charge < -0.3 is 5.32 Å². The molecule has 0 bridgehead atoms. The van der Waals surface area contributed by atoms with Crippen LogP contribution in [0.5, 0.6) is 0 Å². The van der Waals surface area contributed by atoms with Gasteiger partial charge in [-0.2, -0.15) is 23.4 Å². The Labute approximate surface area is 179 Å². The third-order valence-corrected chi connectivity index (χ3v) is 5.26. The van der Waals surface area contributed by atoms with Crippen LogP contribution in [0.25, 0.3) is 0 Å². The van der Waals surface area contributed by atoms with Crippen LogP contribution in [0, 0.1) is 5.82 Å². The lowest BCUT2D eigenvalue weighted by molar-refractivity contribution is -0.141. The molecule has 1 N–H and O–H groups in total. The van der Waals surface area contributed by atoms with Crippen molar-refractivity contribution >= 4 is 23.3 Å². The van der Waals surface area contributed by atoms with Gasteiger partial charge in [0, 0.05) is 41.9 Å². The maximum Gasteiger partial charge on any atom is 0.435 e. The van der Waals surface area contributed by atoms with Gasteiger partial charge in [-0.3, -0.25) is 14.2 Å². The molecular formula is C20H18ClF4N5O. The number of hydrogen-bond acceptors (Lipinski definition) is 3. The number of anilines is 1. The molecule has 0 spiro atoms. The summed E-state index contributed by atoms with van der Waals surface area (Å²) in [5, 5.41) is 10.7. The van der Waals surface area contributed by atoms with Gasteiger partial charge in [-0.15, -0.1) is 0 Å². The van der Waals surface area contributed by atoms with E-state index in [1.54, 1.807) is 18.3 Å². The molecule has 6 nitrogen and oxygen atoms in total. The molecule has 0 saturated heterocycles. The fraction of sp³-hybridized carbons (Fsp3) is 0.350. The van der Waals surface area contributed by atoms with Crippen molar-refractivity contribution in [3.8, 4) is 0 Å². The minimum atomic E-state index is -4.52. The Hall–Kier alpha value is -2.88. The Bertz CT molecular complexity index is 1100. The van der Waals surface area contributed by atoms with E-state index in [9.17, 15) is 22.4 Å². The number of carbonyl (C=O) groups is 1. The van der Waals surface area contributed by atoms with Gasteiger partial charge in [-0.25, -0.2) is 4.39 Å². The van der Waals surface area contributed by atoms with Gasteiger partial charge >= 0.3 is 6.18 Å². The van der Waals surface area contributed by atoms with Crippen molar-refractivity contribution in [1.29, 1.82) is 0 Å². The average molecular weight is 456 g/mol. The predicted molar refractivity (Wildman–Crippen MR) is 105 cm³/mol. The molecule has 0 aliphatic heterocycles. The molecule has 1 fully saturated rings. The number of rotatable bonds is 7. The SMILES string of the molecule is O=C(CCn1nc(C(F)(F)F)cc1C1CC1)Nc1ccn(Cc2ccc(F)cc2Cl)n1. The second-order valence-corrected chi connectivity index (χ2v) is 7.79. The summed E-state index contributed by atoms with van der Waals surface area (Å²) in [5.41, 5.74) is 0.240. The van der Waals surface area contributed by atoms with Crippen LogP contribution >= 0.6 is 11.6 Å². The molecule has 0 unspecified atom stereocenters. The number of hydrogen-bond donors (Lipinski definition) is 1. The zero-order chi connectivity index (χ0) is 22.2. The minimum Gasteiger partial charge on any atom is -0.309 e. The fourth-order valence-corrected chi connectivity index (χ4v) is 3.44. The third-order valence-electron chi connectivity index (χ3n) is 4.90. The van der Waals surface area contributed by atoms with Crippen molar-refractivity contribution < 1.29 is 22.4 Å². The van der Waals surface area contributed by atoms with Crippen molar-refractivity contribution in [2.75, 3.05) is 5.32 Å². The first-order valence-electron chi connectivity index (χ1n) is 9.61. The molecule has 4 rings (SSSR count). The Morgan fingerprint density at radius 2 is 1.97 bits per heavy atom. The largest absolute Gasteiger partial charge is 0.435 e. The normalized spacial score (nSPS) is 14.1. The van der Waals surface area contributed by atoms with Gasteiger partial charge in [0.2, 0.25) is 5.91 Å². The molecule has 1 saturated carbocycles. The summed E-state index contributed by atoms with van der Waals surface area (Å²) in [6, 6.07) is 6.70. The molecule has 3 aromatic rings. The maximum absolute atomic E-state index is 13.1. The zero-order valence-electron chi connectivity index (χ0n) is 16.2. The van der Waals surface area contributed by atoms with Crippen molar-refractivity contribution in [2.24, 2.45) is 0 Å². The van der Waals surface area contributed by atoms with Gasteiger partial charge in [0.15, 0.2) is 11.5 Å². The number of benzene rings is 1. The quantitative estimate of drug-likeness (QED) is 0.518. The molecule has 1 amide bonds. The van der Waals surface area contributed by atoms with E-state index in [1.807, 2.05) is 0 Å². The van der Waals surface area contributed by atoms with E-state index < -0.39 is 23.6 Å². The van der Waals surface area contributed by atoms with Crippen LogP contribution in [0.4, 0.5) is 23.4 Å². The molecule has 164 valence electrons. The number of nitrogens with one attached hydrogen (secondary N) is 1. The molecule has 2 heterocycles. The monoisotopic (exact) mass is 455 g/mol. The molecule has 0 radical (unpaired) electrons. The summed E-state index contributed by atoms with van der Waals surface area (Å²) < 4.78 is 54.8. The van der Waals surface area contributed by atoms with Crippen molar-refractivity contribution in [3.63, 3.8) is 0 Å². The Morgan fingerprint density at radius 1 is 1.19 bits per heavy atom. The summed E-state index contributed by atoms with van der Waals surface area (Å²) >= 11 is 6.01. The summed E-state index contributed by atoms with van der Waals surface area (Å²) in [5.74, 6) is -0.467. The number of nitrogens with zero attached hydrogens (tertiary/aromatic N) is 4. The van der Waals surface area contributed by atoms with Crippen LogP contribution in [0.2, 0.25) is 5.02 Å². The minimum absolute atomic E-state index is 0.0413. The topological polar surface area (TPSA) is 64.7 Å². The predicted octanol–water partition coefficient (Wildman–Crippen LogP) is 4.85. The van der Waals surface area contributed by atoms with Gasteiger partial charge in [0.1, 0.15) is 5.82 Å². The summed E-state index contributed by atoms with van der Waals surface area (Å²) in [7, 11) is 0. The molecule has 1 aromatic carbocycles. The van der Waals surface area contributed by atoms with E-state index >= 15 is 0 Å². The van der Waals surface area contributed by atoms with Crippen molar-refractivity contribution in [2.45, 2.75) is 44.4 Å². The zero-order valence-corrected chi connectivity index (χ0v) is 16.9. The Balaban J connectivity index is 1.35. The van der Waals surface area contributed by atoms with Crippen LogP contribution in [-0.4, -0.2) is 25.5 Å². The standard InChI is InChI=1S/C20H18ClF4N5O/c21-15-9-14(22)4-3-13(15)11-29-7-5-18(28-29)26-19(31)6-8-30-16(12-1-2-12)10-17(27-30)20(23,24)25/h3-5,7,9-10,12H,1-2,6,8,11H2,(H,26,28,31). The van der Waals surface area contributed by atoms with Crippen LogP contribution in [0.15, 0.2) is 36.5 Å². The van der Waals surface area contributed by atoms with Crippen LogP contribution in [-0.2, 0) is 24.1 Å². The summed E-state index contributed by atoms with van der Waals surface area (Å²) in [6.07, 6.45) is -1.29. The highest BCUT2D eigenvalue weighted by molar-refractivity contribution is 6.31. The number of halogens is 5. The molecule has 1 aliphatic carbocycles. The number of aromatic nitrogens is 4. The third kappa shape index (κ3) is 5.25. The number of alkyl halides is 3. The Morgan fingerprint density at radius 3 is 2.65 bits per heavy atom. The first-order chi connectivity index (χ1) is 14.7. The number of amides is 1. The van der Waals surface area contributed by atoms with E-state index in [0.717, 1.165) is 18.9 Å². The van der Waals surface area contributed by atoms with Crippen LogP contribution in [0.3, 0.4) is 0 Å². The van der Waals surface area contributed by atoms with E-state index in [2.05, 4.69) is 15.5 Å². The molecule has 0 atom stereocenters. The van der Waals surface area contributed by atoms with Gasteiger partial charge in [0.05, 0.1) is 6.54 Å². The first kappa shape index (κ1) is 21.4. The van der Waals surface area contributed by atoms with E-state index in [4.69, 9.17) is 11.6 Å². The van der Waals surface area contributed by atoms with Gasteiger partial charge in [-0.05, 0) is 36.6 Å². The van der Waals surface area contributed by atoms with Gasteiger partial charge in [0.25, 0.3) is 0 Å².